The smallest absolute Gasteiger partial charge is 0.550 e. The van der Waals surface area contributed by atoms with Gasteiger partial charge in [-0.25, -0.2) is 0 Å². The van der Waals surface area contributed by atoms with Crippen molar-refractivity contribution in [3.63, 3.8) is 0 Å². The van der Waals surface area contributed by atoms with E-state index < -0.39 is 5.97 Å². The molecule has 4 heteroatoms. The molecule has 0 rings (SSSR count). The molecule has 1 unspecified atom stereocenters. The molecule has 0 bridgehead atoms. The molecule has 0 radical (unpaired) electrons. The van der Waals surface area contributed by atoms with E-state index in [1.54, 1.807) is 0 Å². The summed E-state index contributed by atoms with van der Waals surface area (Å²) >= 11 is 0. The molecule has 0 aliphatic carbocycles. The van der Waals surface area contributed by atoms with Crippen molar-refractivity contribution in [2.75, 3.05) is 0 Å². The number of carbonyl (C=O) groups is 1. The summed E-state index contributed by atoms with van der Waals surface area (Å²) in [6, 6.07) is 0. The van der Waals surface area contributed by atoms with Gasteiger partial charge in [0.15, 0.2) is 0 Å². The first-order valence-corrected chi connectivity index (χ1v) is 8.18. The summed E-state index contributed by atoms with van der Waals surface area (Å²) < 4.78 is 0. The Labute approximate surface area is 163 Å². The van der Waals surface area contributed by atoms with E-state index in [-0.39, 0.29) is 42.1 Å². The maximum Gasteiger partial charge on any atom is 1.00 e. The van der Waals surface area contributed by atoms with Crippen LogP contribution in [0.4, 0.5) is 0 Å². The van der Waals surface area contributed by atoms with Crippen molar-refractivity contribution in [1.82, 2.24) is 0 Å². The van der Waals surface area contributed by atoms with Gasteiger partial charge in [0, 0.05) is 5.97 Å². The largest absolute Gasteiger partial charge is 1.00 e. The predicted octanol–water partition coefficient (Wildman–Crippen LogP) is 0.467. The number of allylic oxidation sites excluding steroid dienone is 7. The Hall–Kier alpha value is -0.610. The molecule has 0 amide bonds. The van der Waals surface area contributed by atoms with Gasteiger partial charge < -0.3 is 15.0 Å². The number of hydrogen-bond donors (Lipinski definition) is 1. The summed E-state index contributed by atoms with van der Waals surface area (Å²) in [6.07, 6.45) is 21.9. The number of aliphatic hydroxyl groups excluding tert-OH is 1. The van der Waals surface area contributed by atoms with Gasteiger partial charge in [-0.15, -0.1) is 0 Å². The van der Waals surface area contributed by atoms with Gasteiger partial charge in [-0.05, 0) is 38.5 Å². The molecule has 0 aliphatic rings. The molecule has 1 atom stereocenters. The maximum absolute atomic E-state index is 10.2. The summed E-state index contributed by atoms with van der Waals surface area (Å²) in [5.74, 6) is -0.980. The van der Waals surface area contributed by atoms with E-state index in [0.717, 1.165) is 38.5 Å². The van der Waals surface area contributed by atoms with Crippen LogP contribution in [0.15, 0.2) is 48.6 Å². The van der Waals surface area contributed by atoms with Gasteiger partial charge in [0.1, 0.15) is 0 Å². The molecule has 23 heavy (non-hydrogen) atoms. The normalized spacial score (nSPS) is 13.3. The molecular weight excluding hydrogens is 299 g/mol. The zero-order valence-corrected chi connectivity index (χ0v) is 16.6. The van der Waals surface area contributed by atoms with Crippen LogP contribution < -0.4 is 34.7 Å². The van der Waals surface area contributed by atoms with E-state index in [1.807, 2.05) is 36.5 Å². The zero-order valence-electron chi connectivity index (χ0n) is 14.6. The first-order valence-electron chi connectivity index (χ1n) is 8.18. The van der Waals surface area contributed by atoms with Gasteiger partial charge in [-0.1, -0.05) is 68.4 Å². The van der Waals surface area contributed by atoms with Crippen LogP contribution in [0.1, 0.15) is 58.3 Å². The van der Waals surface area contributed by atoms with Crippen LogP contribution in [0.25, 0.3) is 0 Å². The Morgan fingerprint density at radius 2 is 1.70 bits per heavy atom. The third-order valence-corrected chi connectivity index (χ3v) is 3.06. The Morgan fingerprint density at radius 1 is 1.04 bits per heavy atom. The van der Waals surface area contributed by atoms with Crippen LogP contribution in [0.3, 0.4) is 0 Å². The summed E-state index contributed by atoms with van der Waals surface area (Å²) in [4.78, 5) is 10.2. The molecule has 0 aromatic heterocycles. The van der Waals surface area contributed by atoms with Crippen molar-refractivity contribution in [2.24, 2.45) is 0 Å². The second kappa shape index (κ2) is 19.4. The van der Waals surface area contributed by atoms with Gasteiger partial charge in [0.05, 0.1) is 6.10 Å². The van der Waals surface area contributed by atoms with E-state index in [9.17, 15) is 15.0 Å². The monoisotopic (exact) mass is 328 g/mol. The van der Waals surface area contributed by atoms with Gasteiger partial charge in [-0.2, -0.15) is 0 Å². The number of aliphatic carboxylic acids is 1. The van der Waals surface area contributed by atoms with Crippen LogP contribution >= 0.6 is 0 Å². The molecule has 0 heterocycles. The summed E-state index contributed by atoms with van der Waals surface area (Å²) in [5, 5.41) is 19.8. The van der Waals surface area contributed by atoms with Crippen molar-refractivity contribution in [3.05, 3.63) is 48.6 Å². The van der Waals surface area contributed by atoms with E-state index >= 15 is 0 Å². The number of hydrogen-bond acceptors (Lipinski definition) is 3. The second-order valence-electron chi connectivity index (χ2n) is 5.20. The number of carbonyl (C=O) groups excluding carboxylic acids is 1. The van der Waals surface area contributed by atoms with E-state index in [4.69, 9.17) is 0 Å². The molecule has 0 fully saturated rings. The van der Waals surface area contributed by atoms with Crippen LogP contribution in [-0.4, -0.2) is 17.2 Å². The fourth-order valence-corrected chi connectivity index (χ4v) is 1.79. The minimum absolute atomic E-state index is 0. The van der Waals surface area contributed by atoms with Gasteiger partial charge in [0.25, 0.3) is 0 Å². The van der Waals surface area contributed by atoms with Crippen molar-refractivity contribution >= 4 is 5.97 Å². The number of carboxylic acid groups (broad SMARTS) is 1. The fourth-order valence-electron chi connectivity index (χ4n) is 1.79. The van der Waals surface area contributed by atoms with Gasteiger partial charge in [-0.3, -0.25) is 0 Å². The first kappa shape index (κ1) is 24.6. The molecule has 0 aromatic carbocycles. The number of unbranched alkanes of at least 4 members (excludes halogenated alkanes) is 2. The average molecular weight is 328 g/mol. The van der Waals surface area contributed by atoms with Crippen molar-refractivity contribution in [2.45, 2.75) is 64.4 Å². The second-order valence-corrected chi connectivity index (χ2v) is 5.20. The van der Waals surface area contributed by atoms with Crippen LogP contribution in [-0.2, 0) is 4.79 Å². The Bertz CT molecular complexity index is 384. The standard InChI is InChI=1S/C19H30O3.Na/c1-2-3-15-18(20)16-13-11-9-7-5-4-6-8-10-12-14-17-19(21)22;/h4-5,8-11,13,16,18,20H,2-3,6-7,12,14-15,17H2,1H3,(H,21,22);/q;+1/p-1/b5-4-,10-8-,11-9-,16-13+;. The van der Waals surface area contributed by atoms with Crippen molar-refractivity contribution in [1.29, 1.82) is 0 Å². The molecule has 3 nitrogen and oxygen atoms in total. The van der Waals surface area contributed by atoms with E-state index in [1.165, 1.54) is 0 Å². The quantitative estimate of drug-likeness (QED) is 0.231. The molecule has 0 aliphatic heterocycles. The minimum Gasteiger partial charge on any atom is -0.550 e. The molecule has 1 N–H and O–H groups in total. The predicted molar refractivity (Wildman–Crippen MR) is 90.2 cm³/mol. The fraction of sp³-hybridized carbons (Fsp3) is 0.526. The van der Waals surface area contributed by atoms with Crippen LogP contribution in [0.2, 0.25) is 0 Å². The summed E-state index contributed by atoms with van der Waals surface area (Å²) in [7, 11) is 0. The van der Waals surface area contributed by atoms with Gasteiger partial charge >= 0.3 is 29.6 Å². The summed E-state index contributed by atoms with van der Waals surface area (Å²) in [5.41, 5.74) is 0. The van der Waals surface area contributed by atoms with Gasteiger partial charge in [0.2, 0.25) is 0 Å². The molecule has 0 spiro atoms. The van der Waals surface area contributed by atoms with Crippen LogP contribution in [0.5, 0.6) is 0 Å². The Kier molecular flexibility index (Phi) is 20.8. The molecule has 0 saturated carbocycles. The average Bonchev–Trinajstić information content (AvgIpc) is 2.49. The minimum atomic E-state index is -0.980. The first-order chi connectivity index (χ1) is 10.7. The third kappa shape index (κ3) is 21.4. The molecule has 0 saturated heterocycles. The zero-order chi connectivity index (χ0) is 16.5. The SMILES string of the molecule is CCCCC(O)/C=C/C=C\C/C=C\C/C=C\CCCC(=O)[O-].[Na+]. The number of rotatable bonds is 13. The molecule has 124 valence electrons. The Balaban J connectivity index is 0. The van der Waals surface area contributed by atoms with E-state index in [0.29, 0.717) is 6.42 Å². The van der Waals surface area contributed by atoms with E-state index in [2.05, 4.69) is 19.1 Å². The van der Waals surface area contributed by atoms with Crippen molar-refractivity contribution in [3.8, 4) is 0 Å². The Morgan fingerprint density at radius 3 is 2.35 bits per heavy atom. The molecular formula is C19H29NaO3. The third-order valence-electron chi connectivity index (χ3n) is 3.06. The van der Waals surface area contributed by atoms with Crippen molar-refractivity contribution < 1.29 is 44.6 Å². The molecule has 0 aromatic rings. The summed E-state index contributed by atoms with van der Waals surface area (Å²) in [6.45, 7) is 2.12. The maximum atomic E-state index is 10.2. The number of carboxylic acids is 1. The number of aliphatic hydroxyl groups is 1. The topological polar surface area (TPSA) is 60.4 Å². The van der Waals surface area contributed by atoms with Crippen LogP contribution in [0, 0.1) is 0 Å².